The predicted molar refractivity (Wildman–Crippen MR) is 109 cm³/mol. The van der Waals surface area contributed by atoms with E-state index in [0.29, 0.717) is 18.7 Å². The Labute approximate surface area is 167 Å². The van der Waals surface area contributed by atoms with Gasteiger partial charge in [-0.1, -0.05) is 12.1 Å². The summed E-state index contributed by atoms with van der Waals surface area (Å²) in [7, 11) is -2.28. The van der Waals surface area contributed by atoms with E-state index >= 15 is 0 Å². The van der Waals surface area contributed by atoms with E-state index in [9.17, 15) is 13.2 Å². The van der Waals surface area contributed by atoms with Gasteiger partial charge in [-0.15, -0.1) is 11.3 Å². The Balaban J connectivity index is 1.65. The van der Waals surface area contributed by atoms with Gasteiger partial charge in [0.1, 0.15) is 16.3 Å². The van der Waals surface area contributed by atoms with Crippen LogP contribution in [-0.2, 0) is 16.6 Å². The number of nitrogens with zero attached hydrogens (tertiary/aromatic N) is 2. The fourth-order valence-electron chi connectivity index (χ4n) is 2.67. The Kier molecular flexibility index (Phi) is 6.28. The molecule has 2 aromatic heterocycles. The Bertz CT molecular complexity index is 1110. The van der Waals surface area contributed by atoms with Crippen molar-refractivity contribution >= 4 is 21.4 Å². The summed E-state index contributed by atoms with van der Waals surface area (Å²) < 4.78 is 34.2. The zero-order valence-corrected chi connectivity index (χ0v) is 17.2. The van der Waals surface area contributed by atoms with E-state index in [0.717, 1.165) is 16.1 Å². The molecule has 0 amide bonds. The Morgan fingerprint density at radius 3 is 2.75 bits per heavy atom. The lowest BCUT2D eigenvalue weighted by atomic mass is 10.2. The summed E-state index contributed by atoms with van der Waals surface area (Å²) >= 11 is 1.54. The average Bonchev–Trinajstić information content (AvgIpc) is 3.21. The Morgan fingerprint density at radius 1 is 1.21 bits per heavy atom. The molecule has 0 aliphatic heterocycles. The summed E-state index contributed by atoms with van der Waals surface area (Å²) in [6, 6.07) is 12.0. The molecule has 1 N–H and O–H groups in total. The number of hydrogen-bond acceptors (Lipinski definition) is 6. The number of benzene rings is 1. The standard InChI is InChI=1S/C19H21N3O4S2/c1-14-6-8-16(26-2)18(13-14)28(24,25)20-10-4-11-22-19(23)9-7-15(21-22)17-5-3-12-27-17/h3,5-9,12-13,20H,4,10-11H2,1-2H3. The van der Waals surface area contributed by atoms with Crippen molar-refractivity contribution in [1.82, 2.24) is 14.5 Å². The SMILES string of the molecule is COc1ccc(C)cc1S(=O)(=O)NCCCn1nc(-c2cccs2)ccc1=O. The molecule has 28 heavy (non-hydrogen) atoms. The van der Waals surface area contributed by atoms with Crippen molar-refractivity contribution < 1.29 is 13.2 Å². The van der Waals surface area contributed by atoms with Crippen molar-refractivity contribution in [2.45, 2.75) is 24.8 Å². The maximum absolute atomic E-state index is 12.6. The van der Waals surface area contributed by atoms with Crippen molar-refractivity contribution in [3.05, 3.63) is 63.8 Å². The molecule has 0 saturated carbocycles. The molecular formula is C19H21N3O4S2. The third kappa shape index (κ3) is 4.67. The first-order chi connectivity index (χ1) is 13.4. The summed E-state index contributed by atoms with van der Waals surface area (Å²) in [6.07, 6.45) is 0.425. The molecular weight excluding hydrogens is 398 g/mol. The largest absolute Gasteiger partial charge is 0.495 e. The Morgan fingerprint density at radius 2 is 2.04 bits per heavy atom. The zero-order valence-electron chi connectivity index (χ0n) is 15.6. The van der Waals surface area contributed by atoms with Crippen molar-refractivity contribution in [3.63, 3.8) is 0 Å². The van der Waals surface area contributed by atoms with Crippen molar-refractivity contribution in [1.29, 1.82) is 0 Å². The molecule has 148 valence electrons. The Hall–Kier alpha value is -2.49. The van der Waals surface area contributed by atoms with Crippen LogP contribution in [0.5, 0.6) is 5.75 Å². The molecule has 2 heterocycles. The van der Waals surface area contributed by atoms with Crippen molar-refractivity contribution in [3.8, 4) is 16.3 Å². The van der Waals surface area contributed by atoms with Gasteiger partial charge in [-0.2, -0.15) is 5.10 Å². The highest BCUT2D eigenvalue weighted by Gasteiger charge is 2.19. The van der Waals surface area contributed by atoms with Crippen LogP contribution in [0, 0.1) is 6.92 Å². The highest BCUT2D eigenvalue weighted by atomic mass is 32.2. The van der Waals surface area contributed by atoms with Gasteiger partial charge in [0.2, 0.25) is 10.0 Å². The number of ether oxygens (including phenoxy) is 1. The summed E-state index contributed by atoms with van der Waals surface area (Å²) in [4.78, 5) is 13.1. The number of thiophene rings is 1. The number of hydrogen-bond donors (Lipinski definition) is 1. The second-order valence-electron chi connectivity index (χ2n) is 6.16. The highest BCUT2D eigenvalue weighted by Crippen LogP contribution is 2.24. The van der Waals surface area contributed by atoms with Gasteiger partial charge >= 0.3 is 0 Å². The van der Waals surface area contributed by atoms with E-state index in [1.165, 1.54) is 17.9 Å². The van der Waals surface area contributed by atoms with E-state index in [4.69, 9.17) is 4.74 Å². The first-order valence-corrected chi connectivity index (χ1v) is 11.0. The van der Waals surface area contributed by atoms with E-state index in [2.05, 4.69) is 9.82 Å². The lowest BCUT2D eigenvalue weighted by molar-refractivity contribution is 0.402. The van der Waals surface area contributed by atoms with Crippen LogP contribution in [0.1, 0.15) is 12.0 Å². The molecule has 0 fully saturated rings. The molecule has 7 nitrogen and oxygen atoms in total. The molecule has 0 saturated heterocycles. The smallest absolute Gasteiger partial charge is 0.266 e. The first-order valence-electron chi connectivity index (χ1n) is 8.67. The third-order valence-corrected chi connectivity index (χ3v) is 6.46. The van der Waals surface area contributed by atoms with Crippen LogP contribution in [0.2, 0.25) is 0 Å². The van der Waals surface area contributed by atoms with Gasteiger partial charge in [0, 0.05) is 19.2 Å². The molecule has 3 rings (SSSR count). The van der Waals surface area contributed by atoms with Crippen LogP contribution < -0.4 is 15.0 Å². The predicted octanol–water partition coefficient (Wildman–Crippen LogP) is 2.66. The van der Waals surface area contributed by atoms with Crippen LogP contribution in [0.4, 0.5) is 0 Å². The number of aromatic nitrogens is 2. The highest BCUT2D eigenvalue weighted by molar-refractivity contribution is 7.89. The van der Waals surface area contributed by atoms with Crippen LogP contribution in [0.3, 0.4) is 0 Å². The maximum Gasteiger partial charge on any atom is 0.266 e. The molecule has 3 aromatic rings. The minimum absolute atomic E-state index is 0.102. The van der Waals surface area contributed by atoms with Crippen LogP contribution in [-0.4, -0.2) is 31.9 Å². The second-order valence-corrected chi connectivity index (χ2v) is 8.85. The molecule has 0 aliphatic carbocycles. The maximum atomic E-state index is 12.6. The normalized spacial score (nSPS) is 11.5. The number of rotatable bonds is 8. The number of aryl methyl sites for hydroxylation is 2. The summed E-state index contributed by atoms with van der Waals surface area (Å²) in [5.74, 6) is 0.291. The fraction of sp³-hybridized carbons (Fsp3) is 0.263. The summed E-state index contributed by atoms with van der Waals surface area (Å²) in [6.45, 7) is 2.30. The van der Waals surface area contributed by atoms with Gasteiger partial charge < -0.3 is 4.74 Å². The molecule has 1 aromatic carbocycles. The number of sulfonamides is 1. The van der Waals surface area contributed by atoms with Gasteiger partial charge in [0.05, 0.1) is 12.0 Å². The number of nitrogens with one attached hydrogen (secondary N) is 1. The van der Waals surface area contributed by atoms with Crippen molar-refractivity contribution in [2.75, 3.05) is 13.7 Å². The number of methoxy groups -OCH3 is 1. The lowest BCUT2D eigenvalue weighted by Gasteiger charge is -2.12. The molecule has 9 heteroatoms. The lowest BCUT2D eigenvalue weighted by Crippen LogP contribution is -2.28. The zero-order chi connectivity index (χ0) is 20.1. The van der Waals surface area contributed by atoms with Crippen LogP contribution in [0.25, 0.3) is 10.6 Å². The van der Waals surface area contributed by atoms with Gasteiger partial charge in [-0.25, -0.2) is 17.8 Å². The minimum Gasteiger partial charge on any atom is -0.495 e. The van der Waals surface area contributed by atoms with E-state index in [1.807, 2.05) is 24.4 Å². The van der Waals surface area contributed by atoms with Crippen LogP contribution >= 0.6 is 11.3 Å². The van der Waals surface area contributed by atoms with E-state index < -0.39 is 10.0 Å². The molecule has 0 unspecified atom stereocenters. The molecule has 0 atom stereocenters. The van der Waals surface area contributed by atoms with E-state index in [-0.39, 0.29) is 17.0 Å². The first kappa shape index (κ1) is 20.2. The monoisotopic (exact) mass is 419 g/mol. The van der Waals surface area contributed by atoms with Gasteiger partial charge in [-0.05, 0) is 48.6 Å². The summed E-state index contributed by atoms with van der Waals surface area (Å²) in [5, 5.41) is 6.31. The topological polar surface area (TPSA) is 90.3 Å². The fourth-order valence-corrected chi connectivity index (χ4v) is 4.69. The van der Waals surface area contributed by atoms with Crippen molar-refractivity contribution in [2.24, 2.45) is 0 Å². The quantitative estimate of drug-likeness (QED) is 0.567. The second kappa shape index (κ2) is 8.68. The van der Waals surface area contributed by atoms with Gasteiger partial charge in [0.15, 0.2) is 0 Å². The molecule has 0 aliphatic rings. The third-order valence-electron chi connectivity index (χ3n) is 4.09. The minimum atomic E-state index is -3.71. The van der Waals surface area contributed by atoms with Gasteiger partial charge in [-0.3, -0.25) is 4.79 Å². The van der Waals surface area contributed by atoms with E-state index in [1.54, 1.807) is 35.6 Å². The molecule has 0 spiro atoms. The van der Waals surface area contributed by atoms with Gasteiger partial charge in [0.25, 0.3) is 5.56 Å². The summed E-state index contributed by atoms with van der Waals surface area (Å²) in [5.41, 5.74) is 1.32. The molecule has 0 radical (unpaired) electrons. The molecule has 0 bridgehead atoms. The van der Waals surface area contributed by atoms with Crippen LogP contribution in [0.15, 0.2) is 57.5 Å². The average molecular weight is 420 g/mol.